The van der Waals surface area contributed by atoms with E-state index in [0.717, 1.165) is 36.4 Å². The van der Waals surface area contributed by atoms with Gasteiger partial charge in [-0.3, -0.25) is 9.20 Å². The van der Waals surface area contributed by atoms with Crippen molar-refractivity contribution in [2.45, 2.75) is 25.7 Å². The molecule has 0 N–H and O–H groups in total. The molecule has 0 saturated carbocycles. The summed E-state index contributed by atoms with van der Waals surface area (Å²) in [5.41, 5.74) is 3.11. The lowest BCUT2D eigenvalue weighted by Crippen LogP contribution is -2.38. The number of piperidine rings is 1. The van der Waals surface area contributed by atoms with E-state index in [1.165, 1.54) is 5.56 Å². The average molecular weight is 346 g/mol. The van der Waals surface area contributed by atoms with E-state index in [9.17, 15) is 4.79 Å². The number of nitrogens with zero attached hydrogens (tertiary/aromatic N) is 4. The number of aromatic nitrogens is 3. The van der Waals surface area contributed by atoms with Gasteiger partial charge in [0.25, 0.3) is 0 Å². The van der Waals surface area contributed by atoms with Gasteiger partial charge in [-0.1, -0.05) is 35.9 Å². The number of carbonyl (C=O) groups is 1. The van der Waals surface area contributed by atoms with Crippen LogP contribution in [-0.2, 0) is 4.79 Å². The van der Waals surface area contributed by atoms with Crippen LogP contribution >= 0.6 is 0 Å². The van der Waals surface area contributed by atoms with Crippen molar-refractivity contribution in [3.8, 4) is 0 Å². The van der Waals surface area contributed by atoms with Gasteiger partial charge in [0.2, 0.25) is 5.91 Å². The molecule has 0 radical (unpaired) electrons. The molecule has 1 aromatic carbocycles. The molecule has 1 aliphatic heterocycles. The average Bonchev–Trinajstić information content (AvgIpc) is 3.11. The highest BCUT2D eigenvalue weighted by atomic mass is 16.2. The summed E-state index contributed by atoms with van der Waals surface area (Å²) in [5.74, 6) is 1.22. The van der Waals surface area contributed by atoms with Gasteiger partial charge in [0, 0.05) is 31.3 Å². The molecule has 0 spiro atoms. The minimum absolute atomic E-state index is 0.0593. The minimum atomic E-state index is 0.0593. The van der Waals surface area contributed by atoms with Crippen LogP contribution in [-0.4, -0.2) is 38.5 Å². The summed E-state index contributed by atoms with van der Waals surface area (Å²) in [4.78, 5) is 14.5. The molecule has 0 unspecified atom stereocenters. The number of aryl methyl sites for hydroxylation is 1. The number of likely N-dealkylation sites (tertiary alicyclic amines) is 1. The number of fused-ring (bicyclic) bond motifs is 1. The maximum Gasteiger partial charge on any atom is 0.246 e. The summed E-state index contributed by atoms with van der Waals surface area (Å²) < 4.78 is 2.03. The smallest absolute Gasteiger partial charge is 0.246 e. The molecule has 5 nitrogen and oxygen atoms in total. The van der Waals surface area contributed by atoms with Gasteiger partial charge < -0.3 is 4.90 Å². The van der Waals surface area contributed by atoms with Crippen LogP contribution in [0.25, 0.3) is 11.7 Å². The van der Waals surface area contributed by atoms with Gasteiger partial charge in [-0.15, -0.1) is 10.2 Å². The fourth-order valence-corrected chi connectivity index (χ4v) is 3.48. The molecule has 3 aromatic rings. The second-order valence-electron chi connectivity index (χ2n) is 6.85. The number of rotatable bonds is 3. The van der Waals surface area contributed by atoms with Gasteiger partial charge in [0.1, 0.15) is 5.82 Å². The standard InChI is InChI=1S/C21H22N4O/c1-16-7-9-17(10-8-16)11-12-20(26)24-13-4-5-18(15-24)21-23-22-19-6-2-3-14-25(19)21/h2-3,6-12,14,18H,4-5,13,15H2,1H3/b12-11+/t18-/m0/s1. The Morgan fingerprint density at radius 1 is 1.15 bits per heavy atom. The van der Waals surface area contributed by atoms with Crippen molar-refractivity contribution in [2.24, 2.45) is 0 Å². The molecule has 0 bridgehead atoms. The van der Waals surface area contributed by atoms with Gasteiger partial charge in [-0.2, -0.15) is 0 Å². The monoisotopic (exact) mass is 346 g/mol. The predicted molar refractivity (Wildman–Crippen MR) is 102 cm³/mol. The Morgan fingerprint density at radius 3 is 2.85 bits per heavy atom. The Balaban J connectivity index is 1.47. The molecule has 5 heteroatoms. The van der Waals surface area contributed by atoms with Gasteiger partial charge >= 0.3 is 0 Å². The van der Waals surface area contributed by atoms with E-state index < -0.39 is 0 Å². The van der Waals surface area contributed by atoms with Crippen LogP contribution in [0, 0.1) is 6.92 Å². The van der Waals surface area contributed by atoms with E-state index in [2.05, 4.69) is 29.3 Å². The molecular weight excluding hydrogens is 324 g/mol. The summed E-state index contributed by atoms with van der Waals surface area (Å²) in [6, 6.07) is 14.1. The highest BCUT2D eigenvalue weighted by Gasteiger charge is 2.26. The maximum atomic E-state index is 12.6. The highest BCUT2D eigenvalue weighted by Crippen LogP contribution is 2.26. The van der Waals surface area contributed by atoms with E-state index in [-0.39, 0.29) is 11.8 Å². The van der Waals surface area contributed by atoms with Crippen LogP contribution in [0.15, 0.2) is 54.7 Å². The van der Waals surface area contributed by atoms with Crippen LogP contribution in [0.5, 0.6) is 0 Å². The molecule has 26 heavy (non-hydrogen) atoms. The van der Waals surface area contributed by atoms with Crippen LogP contribution in [0.4, 0.5) is 0 Å². The minimum Gasteiger partial charge on any atom is -0.338 e. The lowest BCUT2D eigenvalue weighted by molar-refractivity contribution is -0.127. The second-order valence-corrected chi connectivity index (χ2v) is 6.85. The molecule has 3 heterocycles. The van der Waals surface area contributed by atoms with Gasteiger partial charge in [-0.05, 0) is 43.5 Å². The third-order valence-corrected chi connectivity index (χ3v) is 4.93. The number of benzene rings is 1. The Kier molecular flexibility index (Phi) is 4.52. The van der Waals surface area contributed by atoms with Crippen LogP contribution in [0.2, 0.25) is 0 Å². The first-order chi connectivity index (χ1) is 12.7. The van der Waals surface area contributed by atoms with Crippen molar-refractivity contribution in [1.82, 2.24) is 19.5 Å². The zero-order valence-corrected chi connectivity index (χ0v) is 14.9. The third-order valence-electron chi connectivity index (χ3n) is 4.93. The number of hydrogen-bond donors (Lipinski definition) is 0. The van der Waals surface area contributed by atoms with Crippen molar-refractivity contribution in [3.05, 3.63) is 71.7 Å². The summed E-state index contributed by atoms with van der Waals surface area (Å²) in [5, 5.41) is 8.61. The van der Waals surface area contributed by atoms with Gasteiger partial charge in [0.05, 0.1) is 0 Å². The molecule has 0 aliphatic carbocycles. The largest absolute Gasteiger partial charge is 0.338 e. The summed E-state index contributed by atoms with van der Waals surface area (Å²) in [6.07, 6.45) is 7.56. The predicted octanol–water partition coefficient (Wildman–Crippen LogP) is 3.46. The maximum absolute atomic E-state index is 12.6. The molecular formula is C21H22N4O. The zero-order chi connectivity index (χ0) is 17.9. The summed E-state index contributed by atoms with van der Waals surface area (Å²) in [6.45, 7) is 3.54. The number of pyridine rings is 1. The fraction of sp³-hybridized carbons (Fsp3) is 0.286. The Labute approximate surface area is 153 Å². The molecule has 1 atom stereocenters. The number of hydrogen-bond acceptors (Lipinski definition) is 3. The van der Waals surface area contributed by atoms with Gasteiger partial charge in [-0.25, -0.2) is 0 Å². The van der Waals surface area contributed by atoms with Crippen molar-refractivity contribution >= 4 is 17.6 Å². The molecule has 1 saturated heterocycles. The lowest BCUT2D eigenvalue weighted by atomic mass is 9.97. The molecule has 1 fully saturated rings. The molecule has 1 amide bonds. The van der Waals surface area contributed by atoms with Crippen molar-refractivity contribution in [1.29, 1.82) is 0 Å². The summed E-state index contributed by atoms with van der Waals surface area (Å²) >= 11 is 0. The Morgan fingerprint density at radius 2 is 2.00 bits per heavy atom. The normalized spacial score (nSPS) is 17.9. The number of amides is 1. The summed E-state index contributed by atoms with van der Waals surface area (Å²) in [7, 11) is 0. The van der Waals surface area contributed by atoms with E-state index in [4.69, 9.17) is 0 Å². The van der Waals surface area contributed by atoms with Crippen LogP contribution < -0.4 is 0 Å². The lowest BCUT2D eigenvalue weighted by Gasteiger charge is -2.31. The highest BCUT2D eigenvalue weighted by molar-refractivity contribution is 5.91. The first-order valence-electron chi connectivity index (χ1n) is 9.04. The fourth-order valence-electron chi connectivity index (χ4n) is 3.48. The molecule has 132 valence electrons. The van der Waals surface area contributed by atoms with Crippen molar-refractivity contribution < 1.29 is 4.79 Å². The Hall–Kier alpha value is -2.95. The Bertz CT molecular complexity index is 942. The van der Waals surface area contributed by atoms with E-state index in [1.807, 2.05) is 51.9 Å². The topological polar surface area (TPSA) is 50.5 Å². The van der Waals surface area contributed by atoms with E-state index in [0.29, 0.717) is 6.54 Å². The third kappa shape index (κ3) is 3.38. The van der Waals surface area contributed by atoms with E-state index >= 15 is 0 Å². The number of carbonyl (C=O) groups excluding carboxylic acids is 1. The van der Waals surface area contributed by atoms with Crippen LogP contribution in [0.3, 0.4) is 0 Å². The van der Waals surface area contributed by atoms with E-state index in [1.54, 1.807) is 6.08 Å². The van der Waals surface area contributed by atoms with Crippen molar-refractivity contribution in [3.63, 3.8) is 0 Å². The first-order valence-corrected chi connectivity index (χ1v) is 9.04. The molecule has 1 aliphatic rings. The second kappa shape index (κ2) is 7.12. The SMILES string of the molecule is Cc1ccc(/C=C/C(=O)N2CCC[C@H](c3nnc4ccccn34)C2)cc1. The zero-order valence-electron chi connectivity index (χ0n) is 14.9. The van der Waals surface area contributed by atoms with Gasteiger partial charge in [0.15, 0.2) is 5.65 Å². The van der Waals surface area contributed by atoms with Crippen molar-refractivity contribution in [2.75, 3.05) is 13.1 Å². The molecule has 2 aromatic heterocycles. The quantitative estimate of drug-likeness (QED) is 0.683. The molecule has 4 rings (SSSR count). The first kappa shape index (κ1) is 16.5. The van der Waals surface area contributed by atoms with Crippen LogP contribution in [0.1, 0.15) is 35.7 Å².